The molecule has 0 atom stereocenters. The SMILES string of the molecule is COc1ccc(CN2C(=O)c3ccc(Br)cc3C2=O)cc1OC. The summed E-state index contributed by atoms with van der Waals surface area (Å²) in [5.74, 6) is 0.584. The minimum absolute atomic E-state index is 0.185. The Labute approximate surface area is 141 Å². The molecular weight excluding hydrogens is 362 g/mol. The zero-order chi connectivity index (χ0) is 16.6. The summed E-state index contributed by atoms with van der Waals surface area (Å²) < 4.78 is 11.2. The standard InChI is InChI=1S/C17H14BrNO4/c1-22-14-6-3-10(7-15(14)23-2)9-19-16(20)12-5-4-11(18)8-13(12)17(19)21/h3-8H,9H2,1-2H3. The summed E-state index contributed by atoms with van der Waals surface area (Å²) in [5, 5.41) is 0. The van der Waals surface area contributed by atoms with E-state index in [-0.39, 0.29) is 18.4 Å². The summed E-state index contributed by atoms with van der Waals surface area (Å²) in [6, 6.07) is 10.4. The maximum Gasteiger partial charge on any atom is 0.261 e. The zero-order valence-electron chi connectivity index (χ0n) is 12.6. The summed E-state index contributed by atoms with van der Waals surface area (Å²) >= 11 is 3.32. The van der Waals surface area contributed by atoms with Crippen molar-refractivity contribution in [2.24, 2.45) is 0 Å². The van der Waals surface area contributed by atoms with Crippen LogP contribution >= 0.6 is 15.9 Å². The van der Waals surface area contributed by atoms with Gasteiger partial charge in [0.15, 0.2) is 11.5 Å². The number of fused-ring (bicyclic) bond motifs is 1. The first-order valence-corrected chi connectivity index (χ1v) is 7.71. The van der Waals surface area contributed by atoms with Gasteiger partial charge in [-0.2, -0.15) is 0 Å². The number of hydrogen-bond acceptors (Lipinski definition) is 4. The van der Waals surface area contributed by atoms with E-state index in [4.69, 9.17) is 9.47 Å². The van der Waals surface area contributed by atoms with Gasteiger partial charge in [0.1, 0.15) is 0 Å². The molecule has 23 heavy (non-hydrogen) atoms. The summed E-state index contributed by atoms with van der Waals surface area (Å²) in [7, 11) is 3.10. The number of halogens is 1. The van der Waals surface area contributed by atoms with E-state index in [1.807, 2.05) is 0 Å². The van der Waals surface area contributed by atoms with Crippen LogP contribution in [0.25, 0.3) is 0 Å². The monoisotopic (exact) mass is 375 g/mol. The number of imide groups is 1. The number of carbonyl (C=O) groups is 2. The molecule has 0 aliphatic carbocycles. The summed E-state index contributed by atoms with van der Waals surface area (Å²) in [5.41, 5.74) is 1.64. The van der Waals surface area contributed by atoms with Crippen LogP contribution in [0.1, 0.15) is 26.3 Å². The molecule has 2 aromatic rings. The highest BCUT2D eigenvalue weighted by Gasteiger charge is 2.35. The van der Waals surface area contributed by atoms with Crippen molar-refractivity contribution in [2.45, 2.75) is 6.54 Å². The Morgan fingerprint density at radius 1 is 0.913 bits per heavy atom. The number of amides is 2. The molecule has 2 amide bonds. The number of rotatable bonds is 4. The second kappa shape index (κ2) is 6.04. The molecule has 0 saturated heterocycles. The van der Waals surface area contributed by atoms with Gasteiger partial charge in [-0.1, -0.05) is 22.0 Å². The van der Waals surface area contributed by atoms with Crippen molar-refractivity contribution in [3.63, 3.8) is 0 Å². The van der Waals surface area contributed by atoms with Crippen LogP contribution in [0.3, 0.4) is 0 Å². The van der Waals surface area contributed by atoms with Gasteiger partial charge in [0.25, 0.3) is 11.8 Å². The molecule has 0 spiro atoms. The molecule has 0 aromatic heterocycles. The molecule has 1 aliphatic rings. The molecule has 0 unspecified atom stereocenters. The van der Waals surface area contributed by atoms with Crippen LogP contribution in [0, 0.1) is 0 Å². The van der Waals surface area contributed by atoms with E-state index >= 15 is 0 Å². The third kappa shape index (κ3) is 2.70. The molecule has 0 saturated carbocycles. The second-order valence-electron chi connectivity index (χ2n) is 5.08. The quantitative estimate of drug-likeness (QED) is 0.769. The van der Waals surface area contributed by atoms with Gasteiger partial charge >= 0.3 is 0 Å². The van der Waals surface area contributed by atoms with E-state index in [2.05, 4.69) is 15.9 Å². The predicted octanol–water partition coefficient (Wildman–Crippen LogP) is 3.26. The highest BCUT2D eigenvalue weighted by Crippen LogP contribution is 2.31. The molecule has 0 radical (unpaired) electrons. The molecule has 0 bridgehead atoms. The molecule has 1 heterocycles. The van der Waals surface area contributed by atoms with Gasteiger partial charge in [-0.25, -0.2) is 0 Å². The third-order valence-corrected chi connectivity index (χ3v) is 4.21. The van der Waals surface area contributed by atoms with Crippen LogP contribution in [0.5, 0.6) is 11.5 Å². The van der Waals surface area contributed by atoms with Gasteiger partial charge in [-0.3, -0.25) is 14.5 Å². The highest BCUT2D eigenvalue weighted by molar-refractivity contribution is 9.10. The fourth-order valence-corrected chi connectivity index (χ4v) is 2.93. The molecule has 3 rings (SSSR count). The molecule has 2 aromatic carbocycles. The average Bonchev–Trinajstić information content (AvgIpc) is 2.79. The minimum atomic E-state index is -0.291. The topological polar surface area (TPSA) is 55.8 Å². The maximum atomic E-state index is 12.5. The van der Waals surface area contributed by atoms with Gasteiger partial charge in [0, 0.05) is 4.47 Å². The lowest BCUT2D eigenvalue weighted by Crippen LogP contribution is -2.29. The molecule has 1 aliphatic heterocycles. The van der Waals surface area contributed by atoms with Crippen LogP contribution in [0.2, 0.25) is 0 Å². The molecule has 0 N–H and O–H groups in total. The van der Waals surface area contributed by atoms with Gasteiger partial charge in [-0.05, 0) is 35.9 Å². The lowest BCUT2D eigenvalue weighted by Gasteiger charge is -2.15. The Morgan fingerprint density at radius 3 is 2.30 bits per heavy atom. The Morgan fingerprint density at radius 2 is 1.61 bits per heavy atom. The maximum absolute atomic E-state index is 12.5. The van der Waals surface area contributed by atoms with Crippen LogP contribution in [0.4, 0.5) is 0 Å². The molecule has 5 nitrogen and oxygen atoms in total. The van der Waals surface area contributed by atoms with Crippen LogP contribution in [0.15, 0.2) is 40.9 Å². The van der Waals surface area contributed by atoms with Crippen molar-refractivity contribution in [2.75, 3.05) is 14.2 Å². The van der Waals surface area contributed by atoms with Crippen molar-refractivity contribution in [1.82, 2.24) is 4.90 Å². The van der Waals surface area contributed by atoms with Crippen LogP contribution < -0.4 is 9.47 Å². The Bertz CT molecular complexity index is 803. The summed E-state index contributed by atoms with van der Waals surface area (Å²) in [6.45, 7) is 0.185. The Balaban J connectivity index is 1.90. The zero-order valence-corrected chi connectivity index (χ0v) is 14.2. The van der Waals surface area contributed by atoms with E-state index in [0.717, 1.165) is 10.0 Å². The van der Waals surface area contributed by atoms with Crippen molar-refractivity contribution < 1.29 is 19.1 Å². The highest BCUT2D eigenvalue weighted by atomic mass is 79.9. The van der Waals surface area contributed by atoms with E-state index < -0.39 is 0 Å². The fourth-order valence-electron chi connectivity index (χ4n) is 2.57. The lowest BCUT2D eigenvalue weighted by atomic mass is 10.1. The second-order valence-corrected chi connectivity index (χ2v) is 5.99. The smallest absolute Gasteiger partial charge is 0.261 e. The van der Waals surface area contributed by atoms with Gasteiger partial charge in [-0.15, -0.1) is 0 Å². The first-order chi connectivity index (χ1) is 11.0. The van der Waals surface area contributed by atoms with Gasteiger partial charge in [0.05, 0.1) is 31.9 Å². The van der Waals surface area contributed by atoms with E-state index in [1.54, 1.807) is 50.6 Å². The summed E-state index contributed by atoms with van der Waals surface area (Å²) in [6.07, 6.45) is 0. The normalized spacial score (nSPS) is 13.3. The lowest BCUT2D eigenvalue weighted by molar-refractivity contribution is 0.0642. The predicted molar refractivity (Wildman–Crippen MR) is 87.9 cm³/mol. The van der Waals surface area contributed by atoms with Crippen molar-refractivity contribution >= 4 is 27.7 Å². The molecule has 118 valence electrons. The van der Waals surface area contributed by atoms with Crippen molar-refractivity contribution in [1.29, 1.82) is 0 Å². The van der Waals surface area contributed by atoms with Gasteiger partial charge < -0.3 is 9.47 Å². The first kappa shape index (κ1) is 15.6. The van der Waals surface area contributed by atoms with Crippen LogP contribution in [-0.4, -0.2) is 30.9 Å². The van der Waals surface area contributed by atoms with Gasteiger partial charge in [0.2, 0.25) is 0 Å². The van der Waals surface area contributed by atoms with E-state index in [0.29, 0.717) is 22.6 Å². The third-order valence-electron chi connectivity index (χ3n) is 3.72. The summed E-state index contributed by atoms with van der Waals surface area (Å²) in [4.78, 5) is 26.1. The van der Waals surface area contributed by atoms with Crippen LogP contribution in [-0.2, 0) is 6.54 Å². The van der Waals surface area contributed by atoms with E-state index in [1.165, 1.54) is 4.90 Å². The number of methoxy groups -OCH3 is 2. The Hall–Kier alpha value is -2.34. The number of nitrogens with zero attached hydrogens (tertiary/aromatic N) is 1. The molecule has 6 heteroatoms. The number of carbonyl (C=O) groups excluding carboxylic acids is 2. The first-order valence-electron chi connectivity index (χ1n) is 6.92. The Kier molecular flexibility index (Phi) is 4.09. The number of ether oxygens (including phenoxy) is 2. The average molecular weight is 376 g/mol. The number of benzene rings is 2. The fraction of sp³-hybridized carbons (Fsp3) is 0.176. The minimum Gasteiger partial charge on any atom is -0.493 e. The molecule has 0 fully saturated rings. The largest absolute Gasteiger partial charge is 0.493 e. The van der Waals surface area contributed by atoms with E-state index in [9.17, 15) is 9.59 Å². The molecular formula is C17H14BrNO4. The van der Waals surface area contributed by atoms with Crippen molar-refractivity contribution in [3.05, 3.63) is 57.6 Å². The number of hydrogen-bond donors (Lipinski definition) is 0. The van der Waals surface area contributed by atoms with Crippen molar-refractivity contribution in [3.8, 4) is 11.5 Å².